The van der Waals surface area contributed by atoms with E-state index >= 15 is 0 Å². The van der Waals surface area contributed by atoms with Crippen LogP contribution in [0.2, 0.25) is 0 Å². The lowest BCUT2D eigenvalue weighted by atomic mass is 9.86. The summed E-state index contributed by atoms with van der Waals surface area (Å²) >= 11 is 0. The maximum atomic E-state index is 14.5. The number of hydrogen-bond acceptors (Lipinski definition) is 4. The van der Waals surface area contributed by atoms with E-state index in [-0.39, 0.29) is 23.2 Å². The van der Waals surface area contributed by atoms with Gasteiger partial charge in [0.2, 0.25) is 0 Å². The summed E-state index contributed by atoms with van der Waals surface area (Å²) in [6.07, 6.45) is -4.24. The van der Waals surface area contributed by atoms with Crippen LogP contribution in [0, 0.1) is 0 Å². The number of ether oxygens (including phenoxy) is 1. The number of nitrogens with one attached hydrogen (secondary N) is 1. The quantitative estimate of drug-likeness (QED) is 0.657. The monoisotopic (exact) mass is 454 g/mol. The van der Waals surface area contributed by atoms with Crippen LogP contribution in [-0.2, 0) is 19.7 Å². The van der Waals surface area contributed by atoms with Crippen LogP contribution in [0.5, 0.6) is 0 Å². The summed E-state index contributed by atoms with van der Waals surface area (Å²) in [6.45, 7) is 8.92. The minimum Gasteiger partial charge on any atom is -0.466 e. The first-order valence-corrected chi connectivity index (χ1v) is 10.3. The molecule has 6 nitrogen and oxygen atoms in total. The van der Waals surface area contributed by atoms with Gasteiger partial charge < -0.3 is 15.0 Å². The van der Waals surface area contributed by atoms with Gasteiger partial charge in [-0.3, -0.25) is 9.59 Å². The number of nitrogens with zero attached hydrogens (tertiary/aromatic N) is 1. The first-order valence-electron chi connectivity index (χ1n) is 10.3. The molecule has 2 amide bonds. The van der Waals surface area contributed by atoms with Crippen LogP contribution in [0.1, 0.15) is 63.4 Å². The second-order valence-electron chi connectivity index (χ2n) is 8.79. The first-order chi connectivity index (χ1) is 14.7. The average molecular weight is 454 g/mol. The number of carbonyl (C=O) groups excluding carboxylic acids is 3. The minimum absolute atomic E-state index is 0.0182. The number of methoxy groups -OCH3 is 1. The van der Waals surface area contributed by atoms with Gasteiger partial charge in [0.05, 0.1) is 7.11 Å². The molecule has 176 valence electrons. The molecule has 1 aromatic rings. The predicted octanol–water partition coefficient (Wildman–Crippen LogP) is 4.10. The zero-order valence-corrected chi connectivity index (χ0v) is 19.1. The highest BCUT2D eigenvalue weighted by molar-refractivity contribution is 6.11. The highest BCUT2D eigenvalue weighted by Gasteiger charge is 2.70. The highest BCUT2D eigenvalue weighted by atomic mass is 19.4. The van der Waals surface area contributed by atoms with Crippen LogP contribution in [0.3, 0.4) is 0 Å². The molecule has 1 aromatic carbocycles. The van der Waals surface area contributed by atoms with Crippen LogP contribution in [-0.4, -0.2) is 48.1 Å². The zero-order valence-electron chi connectivity index (χ0n) is 19.1. The Labute approximate surface area is 185 Å². The molecule has 1 heterocycles. The Kier molecular flexibility index (Phi) is 7.11. The summed E-state index contributed by atoms with van der Waals surface area (Å²) in [7, 11) is 0.927. The molecule has 1 atom stereocenters. The Morgan fingerprint density at radius 3 is 2.12 bits per heavy atom. The Morgan fingerprint density at radius 1 is 1.12 bits per heavy atom. The van der Waals surface area contributed by atoms with Crippen molar-refractivity contribution in [3.05, 3.63) is 46.7 Å². The van der Waals surface area contributed by atoms with Gasteiger partial charge in [0, 0.05) is 17.8 Å². The third kappa shape index (κ3) is 4.38. The van der Waals surface area contributed by atoms with Crippen molar-refractivity contribution >= 4 is 17.8 Å². The number of benzene rings is 1. The Hall–Kier alpha value is -2.84. The fraction of sp³-hybridized carbons (Fsp3) is 0.522. The van der Waals surface area contributed by atoms with E-state index in [1.165, 1.54) is 19.1 Å². The molecular weight excluding hydrogens is 425 g/mol. The molecular formula is C23H29F3N2O4. The van der Waals surface area contributed by atoms with Crippen molar-refractivity contribution in [1.82, 2.24) is 10.2 Å². The van der Waals surface area contributed by atoms with E-state index in [9.17, 15) is 27.6 Å². The maximum absolute atomic E-state index is 14.5. The van der Waals surface area contributed by atoms with E-state index in [1.807, 2.05) is 33.0 Å². The molecule has 0 bridgehead atoms. The normalized spacial score (nSPS) is 19.4. The van der Waals surface area contributed by atoms with Crippen molar-refractivity contribution in [2.75, 3.05) is 13.7 Å². The molecule has 1 N–H and O–H groups in total. The Balaban J connectivity index is 2.58. The van der Waals surface area contributed by atoms with Crippen molar-refractivity contribution in [3.8, 4) is 0 Å². The van der Waals surface area contributed by atoms with Gasteiger partial charge >= 0.3 is 12.1 Å². The molecule has 0 aromatic heterocycles. The van der Waals surface area contributed by atoms with Gasteiger partial charge in [-0.1, -0.05) is 46.2 Å². The second kappa shape index (κ2) is 8.96. The number of alkyl halides is 3. The molecule has 0 radical (unpaired) electrons. The lowest BCUT2D eigenvalue weighted by Crippen LogP contribution is -2.66. The summed E-state index contributed by atoms with van der Waals surface area (Å²) in [5, 5.41) is 1.84. The lowest BCUT2D eigenvalue weighted by molar-refractivity contribution is -0.192. The number of halogens is 3. The molecule has 0 saturated carbocycles. The largest absolute Gasteiger partial charge is 0.466 e. The van der Waals surface area contributed by atoms with Gasteiger partial charge in [0.25, 0.3) is 17.4 Å². The van der Waals surface area contributed by atoms with E-state index in [0.717, 1.165) is 17.6 Å². The molecule has 32 heavy (non-hydrogen) atoms. The van der Waals surface area contributed by atoms with Gasteiger partial charge in [-0.05, 0) is 36.5 Å². The fourth-order valence-corrected chi connectivity index (χ4v) is 3.67. The van der Waals surface area contributed by atoms with Crippen LogP contribution in [0.4, 0.5) is 13.2 Å². The van der Waals surface area contributed by atoms with Crippen LogP contribution >= 0.6 is 0 Å². The summed E-state index contributed by atoms with van der Waals surface area (Å²) in [4.78, 5) is 39.3. The first kappa shape index (κ1) is 25.4. The SMILES string of the molecule is CCCCN1C(=O)[C@](NC(=O)c2ccc(C(C)(C)C)cc2)(C(F)(F)F)C(C(=O)OC)=C1C. The minimum atomic E-state index is -5.28. The second-order valence-corrected chi connectivity index (χ2v) is 8.79. The third-order valence-electron chi connectivity index (χ3n) is 5.57. The van der Waals surface area contributed by atoms with Gasteiger partial charge in [-0.2, -0.15) is 13.2 Å². The van der Waals surface area contributed by atoms with Crippen LogP contribution < -0.4 is 5.32 Å². The van der Waals surface area contributed by atoms with Gasteiger partial charge in [0.1, 0.15) is 5.57 Å². The standard InChI is InChI=1S/C23H29F3N2O4/c1-7-8-13-28-14(2)17(19(30)32-6)22(20(28)31,23(24,25)26)27-18(29)15-9-11-16(12-10-15)21(3,4)5/h9-12H,7-8,13H2,1-6H3,(H,27,29)/t22-/m0/s1. The molecule has 9 heteroatoms. The molecule has 2 rings (SSSR count). The van der Waals surface area contributed by atoms with Crippen molar-refractivity contribution in [2.45, 2.75) is 64.6 Å². The van der Waals surface area contributed by atoms with Crippen molar-refractivity contribution in [3.63, 3.8) is 0 Å². The Bertz CT molecular complexity index is 930. The lowest BCUT2D eigenvalue weighted by Gasteiger charge is -2.33. The molecule has 0 saturated heterocycles. The molecule has 0 spiro atoms. The smallest absolute Gasteiger partial charge is 0.425 e. The van der Waals surface area contributed by atoms with Crippen LogP contribution in [0.25, 0.3) is 0 Å². The van der Waals surface area contributed by atoms with Crippen molar-refractivity contribution in [2.24, 2.45) is 0 Å². The highest BCUT2D eigenvalue weighted by Crippen LogP contribution is 2.45. The predicted molar refractivity (Wildman–Crippen MR) is 113 cm³/mol. The average Bonchev–Trinajstić information content (AvgIpc) is 2.92. The number of rotatable bonds is 6. The zero-order chi connectivity index (χ0) is 24.5. The summed E-state index contributed by atoms with van der Waals surface area (Å²) < 4.78 is 48.0. The number of carbonyl (C=O) groups is 3. The molecule has 0 fully saturated rings. The molecule has 1 aliphatic rings. The number of esters is 1. The number of allylic oxidation sites excluding steroid dienone is 1. The summed E-state index contributed by atoms with van der Waals surface area (Å²) in [6, 6.07) is 6.06. The van der Waals surface area contributed by atoms with Crippen LogP contribution in [0.15, 0.2) is 35.5 Å². The molecule has 1 aliphatic heterocycles. The summed E-state index contributed by atoms with van der Waals surface area (Å²) in [5.74, 6) is -3.87. The van der Waals surface area contributed by atoms with Gasteiger partial charge in [0.15, 0.2) is 0 Å². The van der Waals surface area contributed by atoms with E-state index in [1.54, 1.807) is 12.1 Å². The third-order valence-corrected chi connectivity index (χ3v) is 5.57. The number of amides is 2. The number of hydrogen-bond donors (Lipinski definition) is 1. The van der Waals surface area contributed by atoms with E-state index < -0.39 is 35.1 Å². The molecule has 0 aliphatic carbocycles. The van der Waals surface area contributed by atoms with E-state index in [4.69, 9.17) is 0 Å². The Morgan fingerprint density at radius 2 is 1.69 bits per heavy atom. The van der Waals surface area contributed by atoms with Gasteiger partial charge in [-0.15, -0.1) is 0 Å². The van der Waals surface area contributed by atoms with E-state index in [0.29, 0.717) is 12.8 Å². The van der Waals surface area contributed by atoms with Crippen molar-refractivity contribution < 1.29 is 32.3 Å². The van der Waals surface area contributed by atoms with Gasteiger partial charge in [-0.25, -0.2) is 4.79 Å². The fourth-order valence-electron chi connectivity index (χ4n) is 3.67. The maximum Gasteiger partial charge on any atom is 0.425 e. The molecule has 0 unspecified atom stereocenters. The number of unbranched alkanes of at least 4 members (excludes halogenated alkanes) is 1. The van der Waals surface area contributed by atoms with Crippen molar-refractivity contribution in [1.29, 1.82) is 0 Å². The summed E-state index contributed by atoms with van der Waals surface area (Å²) in [5.41, 5.74) is -4.04. The topological polar surface area (TPSA) is 75.7 Å². The van der Waals surface area contributed by atoms with E-state index in [2.05, 4.69) is 4.74 Å².